The van der Waals surface area contributed by atoms with Gasteiger partial charge in [0.2, 0.25) is 5.91 Å². The van der Waals surface area contributed by atoms with E-state index in [1.165, 1.54) is 0 Å². The number of hydrogen-bond donors (Lipinski definition) is 2. The third-order valence-corrected chi connectivity index (χ3v) is 6.04. The Morgan fingerprint density at radius 2 is 1.78 bits per heavy atom. The molecule has 150 valence electrons. The standard InChI is InChI=1S/C20H31N3O3S/c1-13(2)9-8-10-15(5)21-20(24)18(14(3)4)22-19-16-11-6-7-12-17(16)27(25,26)23-19/h6-7,11-15,18H,8-10H2,1-5H3,(H,21,24)(H,22,23)/t15?,18-/m0/s1. The number of hydrogen-bond acceptors (Lipinski definition) is 4. The highest BCUT2D eigenvalue weighted by Crippen LogP contribution is 2.23. The summed E-state index contributed by atoms with van der Waals surface area (Å²) in [6.45, 7) is 10.2. The first kappa shape index (κ1) is 21.4. The molecule has 1 aliphatic heterocycles. The number of amidine groups is 1. The Morgan fingerprint density at radius 3 is 2.41 bits per heavy atom. The van der Waals surface area contributed by atoms with Gasteiger partial charge in [-0.2, -0.15) is 0 Å². The van der Waals surface area contributed by atoms with E-state index in [9.17, 15) is 13.2 Å². The normalized spacial score (nSPS) is 19.0. The molecular formula is C20H31N3O3S. The number of rotatable bonds is 8. The fraction of sp³-hybridized carbons (Fsp3) is 0.600. The van der Waals surface area contributed by atoms with E-state index in [-0.39, 0.29) is 28.6 Å². The van der Waals surface area contributed by atoms with Gasteiger partial charge in [-0.25, -0.2) is 8.42 Å². The van der Waals surface area contributed by atoms with Gasteiger partial charge < -0.3 is 5.32 Å². The Labute approximate surface area is 162 Å². The molecule has 2 atom stereocenters. The summed E-state index contributed by atoms with van der Waals surface area (Å²) in [4.78, 5) is 17.4. The first-order chi connectivity index (χ1) is 12.6. The molecule has 1 heterocycles. The molecule has 0 spiro atoms. The van der Waals surface area contributed by atoms with Crippen LogP contribution < -0.4 is 10.0 Å². The van der Waals surface area contributed by atoms with Crippen molar-refractivity contribution in [2.24, 2.45) is 16.8 Å². The predicted octanol–water partition coefficient (Wildman–Crippen LogP) is 3.08. The smallest absolute Gasteiger partial charge is 0.263 e. The van der Waals surface area contributed by atoms with Crippen LogP contribution in [0.1, 0.15) is 59.4 Å². The van der Waals surface area contributed by atoms with Gasteiger partial charge in [0.05, 0.1) is 4.90 Å². The van der Waals surface area contributed by atoms with Gasteiger partial charge in [-0.3, -0.25) is 14.5 Å². The summed E-state index contributed by atoms with van der Waals surface area (Å²) >= 11 is 0. The average Bonchev–Trinajstić information content (AvgIpc) is 2.83. The molecule has 0 radical (unpaired) electrons. The number of nitrogens with one attached hydrogen (secondary N) is 2. The molecule has 7 heteroatoms. The van der Waals surface area contributed by atoms with Crippen molar-refractivity contribution in [1.82, 2.24) is 10.0 Å². The van der Waals surface area contributed by atoms with Gasteiger partial charge in [0.15, 0.2) is 0 Å². The fourth-order valence-corrected chi connectivity index (χ4v) is 4.35. The molecule has 1 aromatic rings. The van der Waals surface area contributed by atoms with Gasteiger partial charge in [0, 0.05) is 11.6 Å². The summed E-state index contributed by atoms with van der Waals surface area (Å²) in [5.41, 5.74) is 0.515. The van der Waals surface area contributed by atoms with Gasteiger partial charge >= 0.3 is 0 Å². The topological polar surface area (TPSA) is 87.6 Å². The lowest BCUT2D eigenvalue weighted by Crippen LogP contribution is -2.42. The quantitative estimate of drug-likeness (QED) is 0.711. The second-order valence-electron chi connectivity index (χ2n) is 8.00. The maximum atomic E-state index is 12.8. The zero-order chi connectivity index (χ0) is 20.2. The number of nitrogens with zero attached hydrogens (tertiary/aromatic N) is 1. The number of aliphatic imine (C=N–C) groups is 1. The van der Waals surface area contributed by atoms with E-state index in [1.807, 2.05) is 20.8 Å². The molecule has 1 aromatic carbocycles. The molecular weight excluding hydrogens is 362 g/mol. The highest BCUT2D eigenvalue weighted by molar-refractivity contribution is 7.90. The monoisotopic (exact) mass is 393 g/mol. The van der Waals surface area contributed by atoms with Crippen molar-refractivity contribution in [2.45, 2.75) is 70.9 Å². The fourth-order valence-electron chi connectivity index (χ4n) is 3.11. The summed E-state index contributed by atoms with van der Waals surface area (Å²) in [6, 6.07) is 6.09. The Hall–Kier alpha value is -1.89. The zero-order valence-corrected chi connectivity index (χ0v) is 17.6. The van der Waals surface area contributed by atoms with Gasteiger partial charge in [0.25, 0.3) is 10.0 Å². The zero-order valence-electron chi connectivity index (χ0n) is 16.8. The van der Waals surface area contributed by atoms with Crippen LogP contribution in [0.2, 0.25) is 0 Å². The van der Waals surface area contributed by atoms with E-state index in [0.717, 1.165) is 19.3 Å². The van der Waals surface area contributed by atoms with E-state index in [0.29, 0.717) is 11.5 Å². The number of carbonyl (C=O) groups is 1. The molecule has 27 heavy (non-hydrogen) atoms. The van der Waals surface area contributed by atoms with E-state index < -0.39 is 16.1 Å². The number of carbonyl (C=O) groups excluding carboxylic acids is 1. The van der Waals surface area contributed by atoms with E-state index in [2.05, 4.69) is 28.9 Å². The molecule has 1 amide bonds. The Morgan fingerprint density at radius 1 is 1.11 bits per heavy atom. The molecule has 2 rings (SSSR count). The van der Waals surface area contributed by atoms with E-state index in [4.69, 9.17) is 0 Å². The Kier molecular flexibility index (Phi) is 7.03. The molecule has 6 nitrogen and oxygen atoms in total. The minimum absolute atomic E-state index is 0.0577. The number of amides is 1. The summed E-state index contributed by atoms with van der Waals surface area (Å²) < 4.78 is 27.0. The van der Waals surface area contributed by atoms with Crippen molar-refractivity contribution in [3.8, 4) is 0 Å². The Balaban J connectivity index is 2.14. The van der Waals surface area contributed by atoms with Gasteiger partial charge in [-0.1, -0.05) is 52.7 Å². The minimum Gasteiger partial charge on any atom is -0.352 e. The first-order valence-electron chi connectivity index (χ1n) is 9.62. The van der Waals surface area contributed by atoms with Crippen molar-refractivity contribution >= 4 is 21.8 Å². The average molecular weight is 394 g/mol. The lowest BCUT2D eigenvalue weighted by atomic mass is 10.0. The largest absolute Gasteiger partial charge is 0.352 e. The van der Waals surface area contributed by atoms with Crippen LogP contribution >= 0.6 is 0 Å². The van der Waals surface area contributed by atoms with Crippen molar-refractivity contribution in [1.29, 1.82) is 0 Å². The first-order valence-corrected chi connectivity index (χ1v) is 11.1. The summed E-state index contributed by atoms with van der Waals surface area (Å²) in [5.74, 6) is 0.667. The number of fused-ring (bicyclic) bond motifs is 1. The minimum atomic E-state index is -3.61. The van der Waals surface area contributed by atoms with Gasteiger partial charge in [-0.05, 0) is 37.3 Å². The van der Waals surface area contributed by atoms with Crippen molar-refractivity contribution in [3.63, 3.8) is 0 Å². The van der Waals surface area contributed by atoms with Crippen LogP contribution in [-0.4, -0.2) is 32.2 Å². The lowest BCUT2D eigenvalue weighted by molar-refractivity contribution is -0.123. The van der Waals surface area contributed by atoms with E-state index >= 15 is 0 Å². The van der Waals surface area contributed by atoms with Crippen LogP contribution in [0.4, 0.5) is 0 Å². The molecule has 0 bridgehead atoms. The predicted molar refractivity (Wildman–Crippen MR) is 108 cm³/mol. The number of sulfonamides is 1. The molecule has 0 saturated carbocycles. The molecule has 0 saturated heterocycles. The molecule has 1 unspecified atom stereocenters. The number of benzene rings is 1. The van der Waals surface area contributed by atoms with Crippen LogP contribution in [0.3, 0.4) is 0 Å². The van der Waals surface area contributed by atoms with Crippen molar-refractivity contribution < 1.29 is 13.2 Å². The second-order valence-corrected chi connectivity index (χ2v) is 9.65. The molecule has 0 fully saturated rings. The molecule has 0 aliphatic carbocycles. The van der Waals surface area contributed by atoms with Crippen molar-refractivity contribution in [2.75, 3.05) is 0 Å². The van der Waals surface area contributed by atoms with Gasteiger partial charge in [0.1, 0.15) is 11.9 Å². The molecule has 1 aliphatic rings. The second kappa shape index (κ2) is 8.87. The summed E-state index contributed by atoms with van der Waals surface area (Å²) in [6.07, 6.45) is 3.11. The summed E-state index contributed by atoms with van der Waals surface area (Å²) in [7, 11) is -3.61. The van der Waals surface area contributed by atoms with Crippen LogP contribution in [-0.2, 0) is 14.8 Å². The molecule has 0 aromatic heterocycles. The van der Waals surface area contributed by atoms with Crippen LogP contribution in [0.15, 0.2) is 34.2 Å². The highest BCUT2D eigenvalue weighted by Gasteiger charge is 2.32. The lowest BCUT2D eigenvalue weighted by Gasteiger charge is -2.21. The summed E-state index contributed by atoms with van der Waals surface area (Å²) in [5, 5.41) is 3.03. The SMILES string of the molecule is CC(C)CCCC(C)NC(=O)[C@@H](N=C1NS(=O)(=O)c2ccccc21)C(C)C. The van der Waals surface area contributed by atoms with Gasteiger partial charge in [-0.15, -0.1) is 0 Å². The maximum Gasteiger partial charge on any atom is 0.263 e. The van der Waals surface area contributed by atoms with E-state index in [1.54, 1.807) is 24.3 Å². The maximum absolute atomic E-state index is 12.8. The Bertz CT molecular complexity index is 800. The van der Waals surface area contributed by atoms with Crippen LogP contribution in [0, 0.1) is 11.8 Å². The van der Waals surface area contributed by atoms with Crippen LogP contribution in [0.25, 0.3) is 0 Å². The third-order valence-electron chi connectivity index (χ3n) is 4.64. The highest BCUT2D eigenvalue weighted by atomic mass is 32.2. The van der Waals surface area contributed by atoms with Crippen LogP contribution in [0.5, 0.6) is 0 Å². The third kappa shape index (κ3) is 5.54. The molecule has 2 N–H and O–H groups in total. The van der Waals surface area contributed by atoms with Crippen molar-refractivity contribution in [3.05, 3.63) is 29.8 Å².